The molecule has 2 nitrogen and oxygen atoms in total. The molecule has 0 amide bonds. The number of hydrogen-bond donors (Lipinski definition) is 0. The van der Waals surface area contributed by atoms with E-state index in [4.69, 9.17) is 0 Å². The minimum Gasteiger partial charge on any atom is -0.128 e. The summed E-state index contributed by atoms with van der Waals surface area (Å²) < 4.78 is 4.41. The summed E-state index contributed by atoms with van der Waals surface area (Å²) in [6.45, 7) is 8.87. The Labute approximate surface area is 116 Å². The molecule has 0 N–H and O–H groups in total. The van der Waals surface area contributed by atoms with Crippen molar-refractivity contribution in [2.75, 3.05) is 0 Å². The van der Waals surface area contributed by atoms with Gasteiger partial charge in [-0.05, 0) is 48.6 Å². The summed E-state index contributed by atoms with van der Waals surface area (Å²) in [6, 6.07) is 6.81. The van der Waals surface area contributed by atoms with E-state index >= 15 is 0 Å². The van der Waals surface area contributed by atoms with Crippen molar-refractivity contribution in [1.29, 1.82) is 0 Å². The Bertz CT molecular complexity index is 579. The van der Waals surface area contributed by atoms with E-state index in [1.807, 2.05) is 0 Å². The standard InChI is InChI=1S/C17H25N2/c1-6-8-15-12-16(11-13(3)17(15)7-2)19-10-9-14(4)18(19)5/h9-12H,6-8H2,1-5H3/q+1. The molecule has 1 heterocycles. The van der Waals surface area contributed by atoms with E-state index in [0.29, 0.717) is 0 Å². The first-order valence-corrected chi connectivity index (χ1v) is 7.25. The van der Waals surface area contributed by atoms with Crippen LogP contribution >= 0.6 is 0 Å². The average molecular weight is 257 g/mol. The Morgan fingerprint density at radius 2 is 1.89 bits per heavy atom. The molecule has 0 saturated heterocycles. The zero-order valence-electron chi connectivity index (χ0n) is 12.8. The zero-order valence-corrected chi connectivity index (χ0v) is 12.8. The van der Waals surface area contributed by atoms with Crippen LogP contribution in [0.5, 0.6) is 0 Å². The van der Waals surface area contributed by atoms with Gasteiger partial charge in [0.2, 0.25) is 5.69 Å². The summed E-state index contributed by atoms with van der Waals surface area (Å²) in [5.41, 5.74) is 6.99. The number of nitrogens with zero attached hydrogens (tertiary/aromatic N) is 2. The Kier molecular flexibility index (Phi) is 4.08. The van der Waals surface area contributed by atoms with Crippen LogP contribution in [0.3, 0.4) is 0 Å². The van der Waals surface area contributed by atoms with Crippen LogP contribution in [0.1, 0.15) is 42.7 Å². The lowest BCUT2D eigenvalue weighted by Crippen LogP contribution is -2.39. The zero-order chi connectivity index (χ0) is 14.0. The summed E-state index contributed by atoms with van der Waals surface area (Å²) >= 11 is 0. The molecule has 2 heteroatoms. The second-order valence-corrected chi connectivity index (χ2v) is 5.33. The predicted molar refractivity (Wildman–Crippen MR) is 79.8 cm³/mol. The van der Waals surface area contributed by atoms with Gasteiger partial charge in [0.25, 0.3) is 0 Å². The van der Waals surface area contributed by atoms with Gasteiger partial charge in [-0.2, -0.15) is 0 Å². The third-order valence-corrected chi connectivity index (χ3v) is 3.98. The maximum Gasteiger partial charge on any atom is 0.205 e. The maximum atomic E-state index is 2.36. The van der Waals surface area contributed by atoms with Crippen molar-refractivity contribution in [3.8, 4) is 5.69 Å². The summed E-state index contributed by atoms with van der Waals surface area (Å²) in [6.07, 6.45) is 5.64. The van der Waals surface area contributed by atoms with E-state index < -0.39 is 0 Å². The van der Waals surface area contributed by atoms with Crippen LogP contribution in [0.4, 0.5) is 0 Å². The van der Waals surface area contributed by atoms with Gasteiger partial charge in [0.1, 0.15) is 5.69 Å². The summed E-state index contributed by atoms with van der Waals surface area (Å²) in [4.78, 5) is 0. The van der Waals surface area contributed by atoms with E-state index in [9.17, 15) is 0 Å². The highest BCUT2D eigenvalue weighted by Crippen LogP contribution is 2.21. The van der Waals surface area contributed by atoms with E-state index in [1.165, 1.54) is 40.9 Å². The lowest BCUT2D eigenvalue weighted by atomic mass is 9.96. The molecule has 0 aliphatic rings. The van der Waals surface area contributed by atoms with Gasteiger partial charge in [0.15, 0.2) is 7.05 Å². The van der Waals surface area contributed by atoms with Crippen molar-refractivity contribution in [3.63, 3.8) is 0 Å². The summed E-state index contributed by atoms with van der Waals surface area (Å²) in [5, 5.41) is 0. The summed E-state index contributed by atoms with van der Waals surface area (Å²) in [7, 11) is 2.11. The van der Waals surface area contributed by atoms with Crippen LogP contribution in [0.15, 0.2) is 24.4 Å². The van der Waals surface area contributed by atoms with Crippen LogP contribution in [0.2, 0.25) is 0 Å². The van der Waals surface area contributed by atoms with Gasteiger partial charge in [-0.25, -0.2) is 0 Å². The molecule has 2 rings (SSSR count). The Morgan fingerprint density at radius 1 is 1.16 bits per heavy atom. The SMILES string of the molecule is CCCc1cc(-n2ccc(C)[n+]2C)cc(C)c1CC. The summed E-state index contributed by atoms with van der Waals surface area (Å²) in [5.74, 6) is 0. The third-order valence-electron chi connectivity index (χ3n) is 3.98. The Hall–Kier alpha value is -1.57. The topological polar surface area (TPSA) is 8.81 Å². The first-order chi connectivity index (χ1) is 9.08. The molecule has 1 aromatic carbocycles. The lowest BCUT2D eigenvalue weighted by Gasteiger charge is -2.13. The first-order valence-electron chi connectivity index (χ1n) is 7.25. The normalized spacial score (nSPS) is 11.0. The van der Waals surface area contributed by atoms with Crippen molar-refractivity contribution in [1.82, 2.24) is 4.68 Å². The van der Waals surface area contributed by atoms with Crippen molar-refractivity contribution < 1.29 is 4.68 Å². The quantitative estimate of drug-likeness (QED) is 0.742. The molecule has 19 heavy (non-hydrogen) atoms. The molecular weight excluding hydrogens is 232 g/mol. The monoisotopic (exact) mass is 257 g/mol. The number of rotatable bonds is 4. The molecule has 0 unspecified atom stereocenters. The van der Waals surface area contributed by atoms with Crippen molar-refractivity contribution >= 4 is 0 Å². The molecule has 102 valence electrons. The molecule has 0 bridgehead atoms. The minimum atomic E-state index is 1.12. The van der Waals surface area contributed by atoms with Gasteiger partial charge in [0, 0.05) is 13.0 Å². The van der Waals surface area contributed by atoms with Crippen LogP contribution in [0, 0.1) is 13.8 Å². The molecule has 0 aliphatic carbocycles. The van der Waals surface area contributed by atoms with E-state index in [1.54, 1.807) is 0 Å². The molecule has 0 spiro atoms. The van der Waals surface area contributed by atoms with Crippen molar-refractivity contribution in [3.05, 3.63) is 46.8 Å². The van der Waals surface area contributed by atoms with Crippen LogP contribution in [0.25, 0.3) is 5.69 Å². The van der Waals surface area contributed by atoms with Gasteiger partial charge in [-0.15, -0.1) is 9.36 Å². The molecule has 0 fully saturated rings. The lowest BCUT2D eigenvalue weighted by molar-refractivity contribution is -0.749. The van der Waals surface area contributed by atoms with E-state index in [2.05, 4.69) is 68.5 Å². The molecule has 2 aromatic rings. The molecule has 0 aliphatic heterocycles. The number of hydrogen-bond acceptors (Lipinski definition) is 0. The highest BCUT2D eigenvalue weighted by Gasteiger charge is 2.13. The van der Waals surface area contributed by atoms with Gasteiger partial charge in [0.05, 0.1) is 6.20 Å². The fourth-order valence-electron chi connectivity index (χ4n) is 2.82. The second-order valence-electron chi connectivity index (χ2n) is 5.33. The van der Waals surface area contributed by atoms with E-state index in [-0.39, 0.29) is 0 Å². The van der Waals surface area contributed by atoms with Gasteiger partial charge >= 0.3 is 0 Å². The van der Waals surface area contributed by atoms with Crippen LogP contribution in [-0.4, -0.2) is 4.68 Å². The second kappa shape index (κ2) is 5.60. The third kappa shape index (κ3) is 2.58. The number of benzene rings is 1. The fourth-order valence-corrected chi connectivity index (χ4v) is 2.82. The van der Waals surface area contributed by atoms with Crippen molar-refractivity contribution in [2.24, 2.45) is 7.05 Å². The van der Waals surface area contributed by atoms with Gasteiger partial charge in [-0.1, -0.05) is 20.3 Å². The van der Waals surface area contributed by atoms with Crippen LogP contribution < -0.4 is 4.68 Å². The average Bonchev–Trinajstić information content (AvgIpc) is 2.70. The molecule has 0 radical (unpaired) electrons. The smallest absolute Gasteiger partial charge is 0.128 e. The van der Waals surface area contributed by atoms with Gasteiger partial charge < -0.3 is 0 Å². The number of aromatic nitrogens is 2. The predicted octanol–water partition coefficient (Wildman–Crippen LogP) is 3.43. The van der Waals surface area contributed by atoms with Crippen LogP contribution in [-0.2, 0) is 19.9 Å². The molecule has 0 atom stereocenters. The fraction of sp³-hybridized carbons (Fsp3) is 0.471. The number of aryl methyl sites for hydroxylation is 3. The minimum absolute atomic E-state index is 1.12. The Morgan fingerprint density at radius 3 is 2.42 bits per heavy atom. The first kappa shape index (κ1) is 13.9. The molecular formula is C17H25N2+. The Balaban J connectivity index is 2.56. The van der Waals surface area contributed by atoms with E-state index in [0.717, 1.165) is 6.42 Å². The van der Waals surface area contributed by atoms with Crippen molar-refractivity contribution in [2.45, 2.75) is 47.0 Å². The van der Waals surface area contributed by atoms with Gasteiger partial charge in [-0.3, -0.25) is 0 Å². The largest absolute Gasteiger partial charge is 0.205 e. The molecule has 0 saturated carbocycles. The maximum absolute atomic E-state index is 2.36. The molecule has 1 aromatic heterocycles. The highest BCUT2D eigenvalue weighted by atomic mass is 15.4. The highest BCUT2D eigenvalue weighted by molar-refractivity contribution is 5.45.